The first kappa shape index (κ1) is 22.0. The van der Waals surface area contributed by atoms with E-state index in [9.17, 15) is 9.59 Å². The van der Waals surface area contributed by atoms with Gasteiger partial charge in [-0.3, -0.25) is 9.59 Å². The zero-order valence-corrected chi connectivity index (χ0v) is 17.4. The molecule has 2 amide bonds. The largest absolute Gasteiger partial charge is 0.493 e. The fourth-order valence-corrected chi connectivity index (χ4v) is 2.86. The second-order valence-electron chi connectivity index (χ2n) is 6.31. The quantitative estimate of drug-likeness (QED) is 0.689. The van der Waals surface area contributed by atoms with Crippen molar-refractivity contribution in [3.8, 4) is 11.5 Å². The maximum atomic E-state index is 12.5. The number of carbonyl (C=O) groups is 2. The van der Waals surface area contributed by atoms with Gasteiger partial charge in [-0.05, 0) is 56.7 Å². The summed E-state index contributed by atoms with van der Waals surface area (Å²) in [6, 6.07) is 12.4. The monoisotopic (exact) mass is 396 g/mol. The molecule has 0 heterocycles. The normalized spacial score (nSPS) is 10.6. The maximum absolute atomic E-state index is 12.5. The molecule has 0 aliphatic carbocycles. The number of nitrogens with zero attached hydrogens (tertiary/aromatic N) is 1. The molecule has 2 rings (SSSR count). The highest BCUT2D eigenvalue weighted by molar-refractivity contribution is 5.97. The third-order valence-electron chi connectivity index (χ3n) is 4.35. The van der Waals surface area contributed by atoms with Crippen LogP contribution in [0.4, 0.5) is 5.69 Å². The molecule has 6 nitrogen and oxygen atoms in total. The highest BCUT2D eigenvalue weighted by Crippen LogP contribution is 2.28. The fraction of sp³-hybridized carbons (Fsp3) is 0.304. The molecule has 0 aromatic heterocycles. The lowest BCUT2D eigenvalue weighted by Gasteiger charge is -2.19. The first-order chi connectivity index (χ1) is 14.0. The van der Waals surface area contributed by atoms with Crippen LogP contribution >= 0.6 is 0 Å². The Labute approximate surface area is 172 Å². The third kappa shape index (κ3) is 6.10. The standard InChI is InChI=1S/C23H28N2O4/c1-5-9-17-12-13-20(21(14-17)28-4)29-16-22(26)24-19-11-8-10-18(15-19)23(27)25(6-2)7-3/h5,8-15H,6-7,16H2,1-4H3,(H,24,26)/b9-5-. The lowest BCUT2D eigenvalue weighted by atomic mass is 10.1. The zero-order valence-electron chi connectivity index (χ0n) is 17.4. The molecule has 0 aliphatic heterocycles. The Hall–Kier alpha value is -3.28. The van der Waals surface area contributed by atoms with E-state index in [4.69, 9.17) is 9.47 Å². The van der Waals surface area contributed by atoms with Crippen LogP contribution in [0.2, 0.25) is 0 Å². The summed E-state index contributed by atoms with van der Waals surface area (Å²) in [5.74, 6) is 0.659. The molecule has 0 saturated carbocycles. The molecular weight excluding hydrogens is 368 g/mol. The summed E-state index contributed by atoms with van der Waals surface area (Å²) in [5, 5.41) is 2.76. The number of hydrogen-bond donors (Lipinski definition) is 1. The van der Waals surface area contributed by atoms with Crippen LogP contribution in [0.3, 0.4) is 0 Å². The Balaban J connectivity index is 2.01. The Morgan fingerprint density at radius 2 is 1.83 bits per heavy atom. The Kier molecular flexibility index (Phi) is 8.27. The lowest BCUT2D eigenvalue weighted by Crippen LogP contribution is -2.30. The summed E-state index contributed by atoms with van der Waals surface area (Å²) in [6.07, 6.45) is 3.88. The molecule has 0 saturated heterocycles. The lowest BCUT2D eigenvalue weighted by molar-refractivity contribution is -0.118. The van der Waals surface area contributed by atoms with Crippen molar-refractivity contribution < 1.29 is 19.1 Å². The van der Waals surface area contributed by atoms with Crippen LogP contribution in [0.1, 0.15) is 36.7 Å². The van der Waals surface area contributed by atoms with Gasteiger partial charge in [0.1, 0.15) is 0 Å². The van der Waals surface area contributed by atoms with E-state index < -0.39 is 0 Å². The van der Waals surface area contributed by atoms with Gasteiger partial charge in [-0.1, -0.05) is 24.3 Å². The number of amides is 2. The highest BCUT2D eigenvalue weighted by Gasteiger charge is 2.14. The van der Waals surface area contributed by atoms with E-state index in [-0.39, 0.29) is 18.4 Å². The molecule has 2 aromatic carbocycles. The topological polar surface area (TPSA) is 67.9 Å². The molecule has 2 aromatic rings. The first-order valence-electron chi connectivity index (χ1n) is 9.65. The van der Waals surface area contributed by atoms with Crippen molar-refractivity contribution in [3.05, 3.63) is 59.7 Å². The van der Waals surface area contributed by atoms with Crippen LogP contribution in [0, 0.1) is 0 Å². The average molecular weight is 396 g/mol. The van der Waals surface area contributed by atoms with Gasteiger partial charge in [-0.2, -0.15) is 0 Å². The van der Waals surface area contributed by atoms with E-state index in [1.807, 2.05) is 45.1 Å². The van der Waals surface area contributed by atoms with E-state index >= 15 is 0 Å². The predicted molar refractivity (Wildman–Crippen MR) is 116 cm³/mol. The molecule has 0 unspecified atom stereocenters. The number of rotatable bonds is 9. The Morgan fingerprint density at radius 1 is 1.07 bits per heavy atom. The van der Waals surface area contributed by atoms with Crippen molar-refractivity contribution in [1.29, 1.82) is 0 Å². The van der Waals surface area contributed by atoms with Crippen molar-refractivity contribution in [3.63, 3.8) is 0 Å². The SMILES string of the molecule is C/C=C\c1ccc(OCC(=O)Nc2cccc(C(=O)N(CC)CC)c2)c(OC)c1. The minimum atomic E-state index is -0.322. The number of benzene rings is 2. The summed E-state index contributed by atoms with van der Waals surface area (Å²) in [4.78, 5) is 26.5. The van der Waals surface area contributed by atoms with E-state index in [0.29, 0.717) is 35.8 Å². The first-order valence-corrected chi connectivity index (χ1v) is 9.65. The van der Waals surface area contributed by atoms with Crippen molar-refractivity contribution in [1.82, 2.24) is 4.90 Å². The second-order valence-corrected chi connectivity index (χ2v) is 6.31. The van der Waals surface area contributed by atoms with Crippen LogP contribution in [0.25, 0.3) is 6.08 Å². The van der Waals surface area contributed by atoms with Crippen LogP contribution in [-0.2, 0) is 4.79 Å². The van der Waals surface area contributed by atoms with Gasteiger partial charge in [0.05, 0.1) is 7.11 Å². The van der Waals surface area contributed by atoms with Gasteiger partial charge in [0.15, 0.2) is 18.1 Å². The molecule has 0 bridgehead atoms. The summed E-state index contributed by atoms with van der Waals surface area (Å²) in [7, 11) is 1.56. The van der Waals surface area contributed by atoms with Gasteiger partial charge >= 0.3 is 0 Å². The van der Waals surface area contributed by atoms with Crippen LogP contribution in [0.5, 0.6) is 11.5 Å². The molecule has 0 atom stereocenters. The molecule has 0 fully saturated rings. The van der Waals surface area contributed by atoms with Crippen molar-refractivity contribution in [2.45, 2.75) is 20.8 Å². The number of nitrogens with one attached hydrogen (secondary N) is 1. The fourth-order valence-electron chi connectivity index (χ4n) is 2.86. The van der Waals surface area contributed by atoms with Gasteiger partial charge in [0, 0.05) is 24.3 Å². The van der Waals surface area contributed by atoms with Crippen LogP contribution < -0.4 is 14.8 Å². The van der Waals surface area contributed by atoms with Gasteiger partial charge in [-0.15, -0.1) is 0 Å². The number of ether oxygens (including phenoxy) is 2. The van der Waals surface area contributed by atoms with Crippen LogP contribution in [0.15, 0.2) is 48.5 Å². The number of methoxy groups -OCH3 is 1. The van der Waals surface area contributed by atoms with E-state index in [0.717, 1.165) is 5.56 Å². The average Bonchev–Trinajstić information content (AvgIpc) is 2.74. The summed E-state index contributed by atoms with van der Waals surface area (Å²) in [6.45, 7) is 6.90. The molecule has 0 radical (unpaired) electrons. The van der Waals surface area contributed by atoms with Gasteiger partial charge in [0.25, 0.3) is 11.8 Å². The molecule has 29 heavy (non-hydrogen) atoms. The molecule has 0 spiro atoms. The molecule has 154 valence electrons. The molecular formula is C23H28N2O4. The maximum Gasteiger partial charge on any atom is 0.262 e. The highest BCUT2D eigenvalue weighted by atomic mass is 16.5. The third-order valence-corrected chi connectivity index (χ3v) is 4.35. The number of anilines is 1. The number of allylic oxidation sites excluding steroid dienone is 1. The summed E-state index contributed by atoms with van der Waals surface area (Å²) >= 11 is 0. The second kappa shape index (κ2) is 10.9. The predicted octanol–water partition coefficient (Wildman–Crippen LogP) is 4.23. The minimum Gasteiger partial charge on any atom is -0.493 e. The molecule has 1 N–H and O–H groups in total. The minimum absolute atomic E-state index is 0.0618. The zero-order chi connectivity index (χ0) is 21.2. The van der Waals surface area contributed by atoms with Crippen molar-refractivity contribution in [2.24, 2.45) is 0 Å². The van der Waals surface area contributed by atoms with Gasteiger partial charge in [0.2, 0.25) is 0 Å². The summed E-state index contributed by atoms with van der Waals surface area (Å²) in [5.41, 5.74) is 2.07. The van der Waals surface area contributed by atoms with E-state index in [1.165, 1.54) is 0 Å². The summed E-state index contributed by atoms with van der Waals surface area (Å²) < 4.78 is 10.9. The van der Waals surface area contributed by atoms with E-state index in [2.05, 4.69) is 5.32 Å². The number of hydrogen-bond acceptors (Lipinski definition) is 4. The Bertz CT molecular complexity index is 873. The van der Waals surface area contributed by atoms with Gasteiger partial charge < -0.3 is 19.7 Å². The molecule has 6 heteroatoms. The van der Waals surface area contributed by atoms with Crippen molar-refractivity contribution in [2.75, 3.05) is 32.1 Å². The van der Waals surface area contributed by atoms with Crippen LogP contribution in [-0.4, -0.2) is 43.5 Å². The Morgan fingerprint density at radius 3 is 2.48 bits per heavy atom. The number of carbonyl (C=O) groups excluding carboxylic acids is 2. The molecule has 0 aliphatic rings. The van der Waals surface area contributed by atoms with Crippen molar-refractivity contribution >= 4 is 23.6 Å². The van der Waals surface area contributed by atoms with E-state index in [1.54, 1.807) is 42.3 Å². The smallest absolute Gasteiger partial charge is 0.262 e. The van der Waals surface area contributed by atoms with Gasteiger partial charge in [-0.25, -0.2) is 0 Å².